The molecule has 0 aromatic carbocycles. The number of esters is 2. The van der Waals surface area contributed by atoms with E-state index in [9.17, 15) is 19.2 Å². The van der Waals surface area contributed by atoms with Crippen molar-refractivity contribution in [2.75, 3.05) is 44.7 Å². The molecule has 0 radical (unpaired) electrons. The minimum Gasteiger partial charge on any atom is -0.462 e. The van der Waals surface area contributed by atoms with Gasteiger partial charge < -0.3 is 20.1 Å². The molecule has 1 aliphatic heterocycles. The minimum absolute atomic E-state index is 0.0110. The van der Waals surface area contributed by atoms with Crippen molar-refractivity contribution >= 4 is 40.1 Å². The van der Waals surface area contributed by atoms with E-state index in [-0.39, 0.29) is 47.7 Å². The number of nitrogens with one attached hydrogen (secondary N) is 2. The fourth-order valence-electron chi connectivity index (χ4n) is 2.64. The number of hydrogen-bond acceptors (Lipinski definition) is 8. The van der Waals surface area contributed by atoms with Crippen LogP contribution in [0.4, 0.5) is 5.00 Å². The van der Waals surface area contributed by atoms with E-state index < -0.39 is 17.8 Å². The molecule has 0 atom stereocenters. The van der Waals surface area contributed by atoms with E-state index in [4.69, 9.17) is 9.47 Å². The highest BCUT2D eigenvalue weighted by atomic mass is 32.1. The predicted octanol–water partition coefficient (Wildman–Crippen LogP) is 0.946. The lowest BCUT2D eigenvalue weighted by molar-refractivity contribution is -0.125. The smallest absolute Gasteiger partial charge is 0.348 e. The fourth-order valence-corrected chi connectivity index (χ4v) is 3.75. The third-order valence-corrected chi connectivity index (χ3v) is 5.07. The van der Waals surface area contributed by atoms with Crippen molar-refractivity contribution < 1.29 is 28.7 Å². The van der Waals surface area contributed by atoms with Gasteiger partial charge in [0, 0.05) is 13.1 Å². The summed E-state index contributed by atoms with van der Waals surface area (Å²) in [7, 11) is 0. The maximum Gasteiger partial charge on any atom is 0.348 e. The number of rotatable bonds is 8. The van der Waals surface area contributed by atoms with Gasteiger partial charge in [-0.15, -0.1) is 11.3 Å². The molecular formula is C18H23N3O6S. The molecule has 1 saturated heterocycles. The Morgan fingerprint density at radius 3 is 2.71 bits per heavy atom. The molecule has 1 aromatic heterocycles. The lowest BCUT2D eigenvalue weighted by atomic mass is 10.1. The van der Waals surface area contributed by atoms with Crippen LogP contribution in [0.15, 0.2) is 12.7 Å². The van der Waals surface area contributed by atoms with Gasteiger partial charge in [0.25, 0.3) is 0 Å². The fraction of sp³-hybridized carbons (Fsp3) is 0.444. The van der Waals surface area contributed by atoms with Crippen LogP contribution in [0.5, 0.6) is 0 Å². The van der Waals surface area contributed by atoms with Crippen molar-refractivity contribution in [3.05, 3.63) is 28.7 Å². The molecule has 10 heteroatoms. The highest BCUT2D eigenvalue weighted by Gasteiger charge is 2.28. The van der Waals surface area contributed by atoms with Crippen LogP contribution < -0.4 is 10.6 Å². The zero-order valence-electron chi connectivity index (χ0n) is 15.8. The van der Waals surface area contributed by atoms with Crippen molar-refractivity contribution in [1.82, 2.24) is 10.2 Å². The van der Waals surface area contributed by atoms with Gasteiger partial charge in [-0.25, -0.2) is 9.59 Å². The van der Waals surface area contributed by atoms with Gasteiger partial charge in [0.2, 0.25) is 11.8 Å². The highest BCUT2D eigenvalue weighted by Crippen LogP contribution is 2.34. The first kappa shape index (κ1) is 21.6. The summed E-state index contributed by atoms with van der Waals surface area (Å²) < 4.78 is 10.1. The van der Waals surface area contributed by atoms with Gasteiger partial charge in [-0.05, 0) is 19.4 Å². The second-order valence-electron chi connectivity index (χ2n) is 5.98. The number of amides is 2. The van der Waals surface area contributed by atoms with Crippen LogP contribution in [0.25, 0.3) is 0 Å². The van der Waals surface area contributed by atoms with E-state index in [1.54, 1.807) is 18.7 Å². The summed E-state index contributed by atoms with van der Waals surface area (Å²) in [5.74, 6) is -1.79. The number of thiophene rings is 1. The SMILES string of the molecule is C=CCOC(=O)c1sc(NC(=O)CN2CCNC(=O)C2)c(C(=O)OCC)c1C. The van der Waals surface area contributed by atoms with Crippen LogP contribution in [0.2, 0.25) is 0 Å². The van der Waals surface area contributed by atoms with Crippen LogP contribution in [0.3, 0.4) is 0 Å². The Hall–Kier alpha value is -2.72. The van der Waals surface area contributed by atoms with Gasteiger partial charge in [-0.1, -0.05) is 12.7 Å². The van der Waals surface area contributed by atoms with Crippen molar-refractivity contribution in [3.8, 4) is 0 Å². The Labute approximate surface area is 166 Å². The maximum absolute atomic E-state index is 12.4. The zero-order valence-corrected chi connectivity index (χ0v) is 16.6. The van der Waals surface area contributed by atoms with E-state index in [0.29, 0.717) is 18.7 Å². The minimum atomic E-state index is -0.633. The molecule has 1 fully saturated rings. The van der Waals surface area contributed by atoms with Gasteiger partial charge in [-0.3, -0.25) is 14.5 Å². The Bertz CT molecular complexity index is 789. The Morgan fingerprint density at radius 2 is 2.07 bits per heavy atom. The molecule has 9 nitrogen and oxygen atoms in total. The van der Waals surface area contributed by atoms with Gasteiger partial charge in [0.05, 0.1) is 25.3 Å². The maximum atomic E-state index is 12.4. The molecule has 0 spiro atoms. The standard InChI is InChI=1S/C18H23N3O6S/c1-4-8-27-18(25)15-11(3)14(17(24)26-5-2)16(28-15)20-13(23)10-21-7-6-19-12(22)9-21/h4H,1,5-10H2,2-3H3,(H,19,22)(H,20,23). The summed E-state index contributed by atoms with van der Waals surface area (Å²) in [5, 5.41) is 5.56. The zero-order chi connectivity index (χ0) is 20.7. The number of anilines is 1. The average molecular weight is 409 g/mol. The van der Waals surface area contributed by atoms with Gasteiger partial charge in [0.15, 0.2) is 0 Å². The summed E-state index contributed by atoms with van der Waals surface area (Å²) in [5.41, 5.74) is 0.507. The summed E-state index contributed by atoms with van der Waals surface area (Å²) in [4.78, 5) is 50.3. The highest BCUT2D eigenvalue weighted by molar-refractivity contribution is 7.18. The summed E-state index contributed by atoms with van der Waals surface area (Å²) in [6.07, 6.45) is 1.44. The molecular weight excluding hydrogens is 386 g/mol. The van der Waals surface area contributed by atoms with E-state index in [2.05, 4.69) is 17.2 Å². The lowest BCUT2D eigenvalue weighted by Gasteiger charge is -2.25. The molecule has 1 aromatic rings. The van der Waals surface area contributed by atoms with E-state index in [1.807, 2.05) is 0 Å². The van der Waals surface area contributed by atoms with Crippen molar-refractivity contribution in [1.29, 1.82) is 0 Å². The van der Waals surface area contributed by atoms with Crippen LogP contribution in [0, 0.1) is 6.92 Å². The Morgan fingerprint density at radius 1 is 1.32 bits per heavy atom. The molecule has 2 N–H and O–H groups in total. The molecule has 0 bridgehead atoms. The predicted molar refractivity (Wildman–Crippen MR) is 104 cm³/mol. The topological polar surface area (TPSA) is 114 Å². The first-order chi connectivity index (χ1) is 13.4. The first-order valence-corrected chi connectivity index (χ1v) is 9.56. The molecule has 0 aliphatic carbocycles. The first-order valence-electron chi connectivity index (χ1n) is 8.74. The van der Waals surface area contributed by atoms with Gasteiger partial charge in [-0.2, -0.15) is 0 Å². The van der Waals surface area contributed by atoms with Crippen molar-refractivity contribution in [2.24, 2.45) is 0 Å². The normalized spacial score (nSPS) is 14.1. The van der Waals surface area contributed by atoms with E-state index in [1.165, 1.54) is 6.08 Å². The Balaban J connectivity index is 2.21. The van der Waals surface area contributed by atoms with E-state index >= 15 is 0 Å². The second kappa shape index (κ2) is 10.00. The quantitative estimate of drug-likeness (QED) is 0.485. The number of hydrogen-bond donors (Lipinski definition) is 2. The van der Waals surface area contributed by atoms with Crippen molar-refractivity contribution in [3.63, 3.8) is 0 Å². The molecule has 152 valence electrons. The number of carbonyl (C=O) groups excluding carboxylic acids is 4. The number of piperazine rings is 1. The molecule has 2 heterocycles. The van der Waals surface area contributed by atoms with Gasteiger partial charge in [0.1, 0.15) is 16.5 Å². The molecule has 28 heavy (non-hydrogen) atoms. The van der Waals surface area contributed by atoms with Crippen LogP contribution >= 0.6 is 11.3 Å². The summed E-state index contributed by atoms with van der Waals surface area (Å²) in [6, 6.07) is 0. The third kappa shape index (κ3) is 5.40. The summed E-state index contributed by atoms with van der Waals surface area (Å²) >= 11 is 0.950. The van der Waals surface area contributed by atoms with E-state index in [0.717, 1.165) is 11.3 Å². The summed E-state index contributed by atoms with van der Waals surface area (Å²) in [6.45, 7) is 8.06. The van der Waals surface area contributed by atoms with Crippen LogP contribution in [0.1, 0.15) is 32.5 Å². The number of ether oxygens (including phenoxy) is 2. The lowest BCUT2D eigenvalue weighted by Crippen LogP contribution is -2.49. The van der Waals surface area contributed by atoms with Gasteiger partial charge >= 0.3 is 11.9 Å². The molecule has 0 unspecified atom stereocenters. The largest absolute Gasteiger partial charge is 0.462 e. The Kier molecular flexibility index (Phi) is 7.70. The van der Waals surface area contributed by atoms with Crippen LogP contribution in [-0.4, -0.2) is 68.0 Å². The molecule has 2 rings (SSSR count). The van der Waals surface area contributed by atoms with Crippen LogP contribution in [-0.2, 0) is 19.1 Å². The molecule has 1 aliphatic rings. The number of carbonyl (C=O) groups is 4. The number of nitrogens with zero attached hydrogens (tertiary/aromatic N) is 1. The third-order valence-electron chi connectivity index (χ3n) is 3.88. The molecule has 2 amide bonds. The molecule has 0 saturated carbocycles. The monoisotopic (exact) mass is 409 g/mol. The average Bonchev–Trinajstić information content (AvgIpc) is 2.95. The second-order valence-corrected chi connectivity index (χ2v) is 7.00. The van der Waals surface area contributed by atoms with Crippen molar-refractivity contribution in [2.45, 2.75) is 13.8 Å².